The lowest BCUT2D eigenvalue weighted by Crippen LogP contribution is -1.83. The van der Waals surface area contributed by atoms with Crippen LogP contribution in [0.2, 0.25) is 0 Å². The molecule has 0 saturated heterocycles. The van der Waals surface area contributed by atoms with E-state index >= 15 is 0 Å². The molecule has 0 aliphatic heterocycles. The van der Waals surface area contributed by atoms with Gasteiger partial charge in [0, 0.05) is 10.9 Å². The monoisotopic (exact) mass is 263 g/mol. The van der Waals surface area contributed by atoms with Crippen molar-refractivity contribution in [3.63, 3.8) is 0 Å². The summed E-state index contributed by atoms with van der Waals surface area (Å²) in [6.07, 6.45) is 3.60. The Morgan fingerprint density at radius 1 is 0.750 bits per heavy atom. The zero-order chi connectivity index (χ0) is 13.9. The van der Waals surface area contributed by atoms with Crippen molar-refractivity contribution in [3.05, 3.63) is 65.9 Å². The second-order valence-electron chi connectivity index (χ2n) is 4.48. The minimum absolute atomic E-state index is 0.167. The molecule has 0 amide bonds. The van der Waals surface area contributed by atoms with Gasteiger partial charge in [-0.1, -0.05) is 36.4 Å². The topological polar surface area (TPSA) is 53.4 Å². The highest BCUT2D eigenvalue weighted by atomic mass is 16.3. The van der Waals surface area contributed by atoms with Crippen molar-refractivity contribution in [2.75, 3.05) is 0 Å². The molecule has 0 aliphatic carbocycles. The molecule has 0 saturated carbocycles. The van der Waals surface area contributed by atoms with E-state index in [1.54, 1.807) is 36.4 Å². The Hall–Kier alpha value is -2.81. The molecule has 3 nitrogen and oxygen atoms in total. The van der Waals surface area contributed by atoms with E-state index in [0.29, 0.717) is 5.52 Å². The number of phenols is 2. The number of benzene rings is 2. The third-order valence-electron chi connectivity index (χ3n) is 3.09. The average Bonchev–Trinajstić information content (AvgIpc) is 2.47. The van der Waals surface area contributed by atoms with Gasteiger partial charge in [-0.15, -0.1) is 0 Å². The fraction of sp³-hybridized carbons (Fsp3) is 0. The molecule has 0 fully saturated rings. The molecule has 0 atom stereocenters. The largest absolute Gasteiger partial charge is 0.507 e. The molecule has 3 rings (SSSR count). The smallest absolute Gasteiger partial charge is 0.141 e. The predicted octanol–water partition coefficient (Wildman–Crippen LogP) is 3.82. The number of nitrogens with zero attached hydrogens (tertiary/aromatic N) is 1. The van der Waals surface area contributed by atoms with Gasteiger partial charge in [0.1, 0.15) is 17.0 Å². The highest BCUT2D eigenvalue weighted by Gasteiger charge is 2.01. The fourth-order valence-electron chi connectivity index (χ4n) is 2.04. The van der Waals surface area contributed by atoms with Crippen LogP contribution in [-0.4, -0.2) is 15.2 Å². The lowest BCUT2D eigenvalue weighted by molar-refractivity contribution is 0.474. The molecule has 0 bridgehead atoms. The molecule has 3 heteroatoms. The summed E-state index contributed by atoms with van der Waals surface area (Å²) in [6.45, 7) is 0. The SMILES string of the molecule is Oc1ccccc1/C=C/c1ccc2cccc(O)c2n1. The predicted molar refractivity (Wildman–Crippen MR) is 80.4 cm³/mol. The van der Waals surface area contributed by atoms with Crippen LogP contribution in [-0.2, 0) is 0 Å². The Bertz CT molecular complexity index is 794. The molecular weight excluding hydrogens is 250 g/mol. The molecular formula is C17H13NO2. The van der Waals surface area contributed by atoms with Crippen LogP contribution in [0, 0.1) is 0 Å². The first-order chi connectivity index (χ1) is 9.74. The molecule has 1 heterocycles. The summed E-state index contributed by atoms with van der Waals surface area (Å²) in [4.78, 5) is 4.40. The van der Waals surface area contributed by atoms with Gasteiger partial charge in [-0.25, -0.2) is 4.98 Å². The van der Waals surface area contributed by atoms with Crippen LogP contribution in [0.1, 0.15) is 11.3 Å². The van der Waals surface area contributed by atoms with Crippen molar-refractivity contribution in [2.45, 2.75) is 0 Å². The summed E-state index contributed by atoms with van der Waals surface area (Å²) in [5.74, 6) is 0.396. The lowest BCUT2D eigenvalue weighted by atomic mass is 10.1. The van der Waals surface area contributed by atoms with Gasteiger partial charge in [0.15, 0.2) is 0 Å². The van der Waals surface area contributed by atoms with E-state index in [2.05, 4.69) is 4.98 Å². The van der Waals surface area contributed by atoms with Crippen LogP contribution in [0.15, 0.2) is 54.6 Å². The van der Waals surface area contributed by atoms with Crippen LogP contribution in [0.4, 0.5) is 0 Å². The van der Waals surface area contributed by atoms with Crippen molar-refractivity contribution in [3.8, 4) is 11.5 Å². The normalized spacial score (nSPS) is 11.2. The van der Waals surface area contributed by atoms with Crippen molar-refractivity contribution >= 4 is 23.1 Å². The summed E-state index contributed by atoms with van der Waals surface area (Å²) >= 11 is 0. The number of phenolic OH excluding ortho intramolecular Hbond substituents is 2. The molecule has 20 heavy (non-hydrogen) atoms. The maximum absolute atomic E-state index is 9.80. The van der Waals surface area contributed by atoms with Crippen LogP contribution in [0.5, 0.6) is 11.5 Å². The molecule has 0 aliphatic rings. The molecule has 2 N–H and O–H groups in total. The number of aromatic nitrogens is 1. The second kappa shape index (κ2) is 5.05. The maximum Gasteiger partial charge on any atom is 0.141 e. The van der Waals surface area contributed by atoms with E-state index in [-0.39, 0.29) is 11.5 Å². The quantitative estimate of drug-likeness (QED) is 0.739. The van der Waals surface area contributed by atoms with Crippen molar-refractivity contribution in [1.82, 2.24) is 4.98 Å². The summed E-state index contributed by atoms with van der Waals surface area (Å²) < 4.78 is 0. The highest BCUT2D eigenvalue weighted by Crippen LogP contribution is 2.23. The zero-order valence-corrected chi connectivity index (χ0v) is 10.7. The summed E-state index contributed by atoms with van der Waals surface area (Å²) in [7, 11) is 0. The maximum atomic E-state index is 9.80. The van der Waals surface area contributed by atoms with Gasteiger partial charge in [-0.3, -0.25) is 0 Å². The van der Waals surface area contributed by atoms with Crippen LogP contribution >= 0.6 is 0 Å². The molecule has 1 aromatic heterocycles. The Kier molecular flexibility index (Phi) is 3.09. The van der Waals surface area contributed by atoms with Crippen molar-refractivity contribution < 1.29 is 10.2 Å². The molecule has 0 spiro atoms. The van der Waals surface area contributed by atoms with Gasteiger partial charge in [0.25, 0.3) is 0 Å². The van der Waals surface area contributed by atoms with Crippen LogP contribution in [0.25, 0.3) is 23.1 Å². The number of rotatable bonds is 2. The molecule has 0 radical (unpaired) electrons. The van der Waals surface area contributed by atoms with Crippen LogP contribution < -0.4 is 0 Å². The van der Waals surface area contributed by atoms with E-state index in [4.69, 9.17) is 0 Å². The minimum Gasteiger partial charge on any atom is -0.507 e. The van der Waals surface area contributed by atoms with E-state index in [9.17, 15) is 10.2 Å². The Labute approximate surface area is 116 Å². The number of aromatic hydroxyl groups is 2. The third kappa shape index (κ3) is 2.34. The highest BCUT2D eigenvalue weighted by molar-refractivity contribution is 5.85. The van der Waals surface area contributed by atoms with E-state index < -0.39 is 0 Å². The molecule has 3 aromatic rings. The summed E-state index contributed by atoms with van der Waals surface area (Å²) in [6, 6.07) is 16.2. The first kappa shape index (κ1) is 12.2. The number of fused-ring (bicyclic) bond motifs is 1. The zero-order valence-electron chi connectivity index (χ0n) is 10.7. The second-order valence-corrected chi connectivity index (χ2v) is 4.48. The Balaban J connectivity index is 1.99. The average molecular weight is 263 g/mol. The standard InChI is InChI=1S/C17H13NO2/c19-15-6-2-1-4-12(15)8-10-14-11-9-13-5-3-7-16(20)17(13)18-14/h1-11,19-20H/b10-8+. The van der Waals surface area contributed by atoms with Gasteiger partial charge in [-0.2, -0.15) is 0 Å². The van der Waals surface area contributed by atoms with Crippen LogP contribution in [0.3, 0.4) is 0 Å². The summed E-state index contributed by atoms with van der Waals surface area (Å²) in [5.41, 5.74) is 2.03. The summed E-state index contributed by atoms with van der Waals surface area (Å²) in [5, 5.41) is 20.4. The fourth-order valence-corrected chi connectivity index (χ4v) is 2.04. The molecule has 2 aromatic carbocycles. The van der Waals surface area contributed by atoms with Gasteiger partial charge >= 0.3 is 0 Å². The van der Waals surface area contributed by atoms with E-state index in [0.717, 1.165) is 16.6 Å². The van der Waals surface area contributed by atoms with Gasteiger partial charge < -0.3 is 10.2 Å². The minimum atomic E-state index is 0.167. The van der Waals surface area contributed by atoms with Crippen molar-refractivity contribution in [2.24, 2.45) is 0 Å². The first-order valence-corrected chi connectivity index (χ1v) is 6.29. The Morgan fingerprint density at radius 3 is 2.40 bits per heavy atom. The lowest BCUT2D eigenvalue weighted by Gasteiger charge is -2.01. The van der Waals surface area contributed by atoms with E-state index in [1.807, 2.05) is 30.3 Å². The van der Waals surface area contributed by atoms with Gasteiger partial charge in [0.05, 0.1) is 5.69 Å². The molecule has 0 unspecified atom stereocenters. The number of para-hydroxylation sites is 2. The van der Waals surface area contributed by atoms with E-state index in [1.165, 1.54) is 0 Å². The first-order valence-electron chi connectivity index (χ1n) is 6.29. The number of hydrogen-bond acceptors (Lipinski definition) is 3. The van der Waals surface area contributed by atoms with Gasteiger partial charge in [-0.05, 0) is 30.4 Å². The van der Waals surface area contributed by atoms with Crippen molar-refractivity contribution in [1.29, 1.82) is 0 Å². The third-order valence-corrected chi connectivity index (χ3v) is 3.09. The molecule has 98 valence electrons. The van der Waals surface area contributed by atoms with Gasteiger partial charge in [0.2, 0.25) is 0 Å². The number of pyridine rings is 1. The Morgan fingerprint density at radius 2 is 1.55 bits per heavy atom. The number of hydrogen-bond donors (Lipinski definition) is 2.